The summed E-state index contributed by atoms with van der Waals surface area (Å²) in [6.45, 7) is 2.44. The standard InChI is InChI=1S/C20H19FN4O2S/c1-2-11-22-20(27)23-17(26)12-28-19-16-6-4-3-5-15(16)18(24-25-19)13-7-9-14(21)10-8-13/h3-10H,2,11-12H2,1H3,(H2,22,23,26,27). The fourth-order valence-electron chi connectivity index (χ4n) is 2.59. The maximum Gasteiger partial charge on any atom is 0.321 e. The molecular weight excluding hydrogens is 379 g/mol. The maximum absolute atomic E-state index is 13.2. The van der Waals surface area contributed by atoms with Gasteiger partial charge in [0.1, 0.15) is 16.5 Å². The molecule has 0 aliphatic carbocycles. The average molecular weight is 398 g/mol. The fraction of sp³-hybridized carbons (Fsp3) is 0.200. The van der Waals surface area contributed by atoms with Crippen LogP contribution in [-0.4, -0.2) is 34.4 Å². The van der Waals surface area contributed by atoms with E-state index < -0.39 is 11.9 Å². The van der Waals surface area contributed by atoms with Crippen LogP contribution in [0.25, 0.3) is 22.0 Å². The summed E-state index contributed by atoms with van der Waals surface area (Å²) in [6, 6.07) is 13.1. The highest BCUT2D eigenvalue weighted by molar-refractivity contribution is 8.00. The molecule has 3 amide bonds. The summed E-state index contributed by atoms with van der Waals surface area (Å²) in [5, 5.41) is 15.7. The summed E-state index contributed by atoms with van der Waals surface area (Å²) in [7, 11) is 0. The van der Waals surface area contributed by atoms with E-state index in [0.29, 0.717) is 17.3 Å². The van der Waals surface area contributed by atoms with E-state index in [1.54, 1.807) is 12.1 Å². The first-order chi connectivity index (χ1) is 13.6. The van der Waals surface area contributed by atoms with Crippen molar-refractivity contribution in [3.05, 3.63) is 54.3 Å². The van der Waals surface area contributed by atoms with Crippen molar-refractivity contribution in [2.75, 3.05) is 12.3 Å². The van der Waals surface area contributed by atoms with E-state index in [-0.39, 0.29) is 11.6 Å². The molecule has 0 atom stereocenters. The lowest BCUT2D eigenvalue weighted by Crippen LogP contribution is -2.40. The smallest absolute Gasteiger partial charge is 0.321 e. The van der Waals surface area contributed by atoms with E-state index in [1.165, 1.54) is 23.9 Å². The van der Waals surface area contributed by atoms with Gasteiger partial charge in [-0.05, 0) is 30.7 Å². The van der Waals surface area contributed by atoms with Gasteiger partial charge in [-0.2, -0.15) is 0 Å². The molecule has 0 spiro atoms. The van der Waals surface area contributed by atoms with Gasteiger partial charge in [0.25, 0.3) is 0 Å². The van der Waals surface area contributed by atoms with Crippen LogP contribution >= 0.6 is 11.8 Å². The van der Waals surface area contributed by atoms with E-state index >= 15 is 0 Å². The summed E-state index contributed by atoms with van der Waals surface area (Å²) < 4.78 is 13.2. The summed E-state index contributed by atoms with van der Waals surface area (Å²) in [4.78, 5) is 23.5. The zero-order chi connectivity index (χ0) is 19.9. The number of thioether (sulfide) groups is 1. The number of hydrogen-bond acceptors (Lipinski definition) is 5. The van der Waals surface area contributed by atoms with Crippen molar-refractivity contribution in [1.82, 2.24) is 20.8 Å². The van der Waals surface area contributed by atoms with Crippen LogP contribution in [0.1, 0.15) is 13.3 Å². The molecule has 2 aromatic carbocycles. The van der Waals surface area contributed by atoms with Crippen molar-refractivity contribution >= 4 is 34.5 Å². The van der Waals surface area contributed by atoms with Crippen LogP contribution in [0, 0.1) is 5.82 Å². The number of amides is 3. The van der Waals surface area contributed by atoms with Gasteiger partial charge in [0.2, 0.25) is 5.91 Å². The Kier molecular flexibility index (Phi) is 6.54. The summed E-state index contributed by atoms with van der Waals surface area (Å²) in [5.74, 6) is -0.692. The van der Waals surface area contributed by atoms with Crippen molar-refractivity contribution < 1.29 is 14.0 Å². The molecule has 0 saturated heterocycles. The van der Waals surface area contributed by atoms with Crippen molar-refractivity contribution in [3.63, 3.8) is 0 Å². The minimum atomic E-state index is -0.505. The fourth-order valence-corrected chi connectivity index (χ4v) is 3.36. The molecule has 8 heteroatoms. The summed E-state index contributed by atoms with van der Waals surface area (Å²) >= 11 is 1.20. The van der Waals surface area contributed by atoms with E-state index in [0.717, 1.165) is 22.8 Å². The Morgan fingerprint density at radius 3 is 2.46 bits per heavy atom. The number of imide groups is 1. The Morgan fingerprint density at radius 2 is 1.75 bits per heavy atom. The van der Waals surface area contributed by atoms with Crippen LogP contribution in [0.2, 0.25) is 0 Å². The molecule has 6 nitrogen and oxygen atoms in total. The number of rotatable bonds is 6. The lowest BCUT2D eigenvalue weighted by atomic mass is 10.1. The van der Waals surface area contributed by atoms with Gasteiger partial charge in [-0.3, -0.25) is 10.1 Å². The topological polar surface area (TPSA) is 84.0 Å². The molecule has 0 radical (unpaired) electrons. The Balaban J connectivity index is 1.78. The zero-order valence-corrected chi connectivity index (χ0v) is 16.1. The quantitative estimate of drug-likeness (QED) is 0.618. The Labute approximate surface area is 165 Å². The zero-order valence-electron chi connectivity index (χ0n) is 15.2. The van der Waals surface area contributed by atoms with Gasteiger partial charge in [-0.25, -0.2) is 9.18 Å². The summed E-state index contributed by atoms with van der Waals surface area (Å²) in [5.41, 5.74) is 1.40. The highest BCUT2D eigenvalue weighted by atomic mass is 32.2. The second kappa shape index (κ2) is 9.27. The van der Waals surface area contributed by atoms with Gasteiger partial charge < -0.3 is 5.32 Å². The average Bonchev–Trinajstić information content (AvgIpc) is 2.71. The number of halogens is 1. The van der Waals surface area contributed by atoms with Gasteiger partial charge >= 0.3 is 6.03 Å². The van der Waals surface area contributed by atoms with E-state index in [9.17, 15) is 14.0 Å². The molecule has 2 N–H and O–H groups in total. The highest BCUT2D eigenvalue weighted by Crippen LogP contribution is 2.31. The molecule has 0 saturated carbocycles. The van der Waals surface area contributed by atoms with Gasteiger partial charge in [-0.15, -0.1) is 10.2 Å². The molecule has 1 heterocycles. The third-order valence-electron chi connectivity index (χ3n) is 3.90. The third-order valence-corrected chi connectivity index (χ3v) is 4.88. The lowest BCUT2D eigenvalue weighted by molar-refractivity contribution is -0.117. The molecule has 0 aliphatic rings. The number of nitrogens with one attached hydrogen (secondary N) is 2. The molecule has 0 fully saturated rings. The third kappa shape index (κ3) is 4.83. The van der Waals surface area contributed by atoms with Crippen LogP contribution in [0.5, 0.6) is 0 Å². The number of carbonyl (C=O) groups excluding carboxylic acids is 2. The summed E-state index contributed by atoms with van der Waals surface area (Å²) in [6.07, 6.45) is 0.790. The number of carbonyl (C=O) groups is 2. The first-order valence-corrected chi connectivity index (χ1v) is 9.79. The van der Waals surface area contributed by atoms with Crippen molar-refractivity contribution in [1.29, 1.82) is 0 Å². The monoisotopic (exact) mass is 398 g/mol. The molecule has 0 aliphatic heterocycles. The first-order valence-electron chi connectivity index (χ1n) is 8.80. The number of fused-ring (bicyclic) bond motifs is 1. The van der Waals surface area contributed by atoms with Crippen LogP contribution in [0.15, 0.2) is 53.6 Å². The Morgan fingerprint density at radius 1 is 1.04 bits per heavy atom. The normalized spacial score (nSPS) is 10.6. The molecule has 0 bridgehead atoms. The number of aromatic nitrogens is 2. The van der Waals surface area contributed by atoms with Gasteiger partial charge in [-0.1, -0.05) is 43.0 Å². The van der Waals surface area contributed by atoms with Crippen LogP contribution in [-0.2, 0) is 4.79 Å². The molecule has 3 aromatic rings. The second-order valence-electron chi connectivity index (χ2n) is 6.00. The number of benzene rings is 2. The van der Waals surface area contributed by atoms with Crippen LogP contribution < -0.4 is 10.6 Å². The Bertz CT molecular complexity index is 995. The largest absolute Gasteiger partial charge is 0.338 e. The number of hydrogen-bond donors (Lipinski definition) is 2. The second-order valence-corrected chi connectivity index (χ2v) is 6.96. The SMILES string of the molecule is CCCNC(=O)NC(=O)CSc1nnc(-c2ccc(F)cc2)c2ccccc12. The van der Waals surface area contributed by atoms with Crippen molar-refractivity contribution in [2.24, 2.45) is 0 Å². The predicted molar refractivity (Wildman–Crippen MR) is 107 cm³/mol. The lowest BCUT2D eigenvalue weighted by Gasteiger charge is -2.09. The van der Waals surface area contributed by atoms with Crippen LogP contribution in [0.4, 0.5) is 9.18 Å². The number of urea groups is 1. The molecule has 144 valence electrons. The van der Waals surface area contributed by atoms with Crippen molar-refractivity contribution in [2.45, 2.75) is 18.4 Å². The maximum atomic E-state index is 13.2. The van der Waals surface area contributed by atoms with E-state index in [4.69, 9.17) is 0 Å². The molecule has 3 rings (SSSR count). The van der Waals surface area contributed by atoms with Gasteiger partial charge in [0.15, 0.2) is 0 Å². The highest BCUT2D eigenvalue weighted by Gasteiger charge is 2.14. The number of nitrogens with zero attached hydrogens (tertiary/aromatic N) is 2. The van der Waals surface area contributed by atoms with Crippen molar-refractivity contribution in [3.8, 4) is 11.3 Å². The van der Waals surface area contributed by atoms with E-state index in [2.05, 4.69) is 20.8 Å². The molecule has 1 aromatic heterocycles. The molecule has 28 heavy (non-hydrogen) atoms. The minimum absolute atomic E-state index is 0.0358. The molecular formula is C20H19FN4O2S. The predicted octanol–water partition coefficient (Wildman–Crippen LogP) is 3.76. The van der Waals surface area contributed by atoms with Gasteiger partial charge in [0, 0.05) is 22.9 Å². The Hall–Kier alpha value is -3.00. The van der Waals surface area contributed by atoms with Crippen LogP contribution in [0.3, 0.4) is 0 Å². The van der Waals surface area contributed by atoms with Gasteiger partial charge in [0.05, 0.1) is 5.75 Å². The first kappa shape index (κ1) is 19.8. The minimum Gasteiger partial charge on any atom is -0.338 e. The molecule has 0 unspecified atom stereocenters. The van der Waals surface area contributed by atoms with E-state index in [1.807, 2.05) is 31.2 Å².